The quantitative estimate of drug-likeness (QED) is 0.314. The normalized spacial score (nSPS) is 11.4. The van der Waals surface area contributed by atoms with Gasteiger partial charge in [-0.2, -0.15) is 0 Å². The highest BCUT2D eigenvalue weighted by atomic mass is 79.9. The highest BCUT2D eigenvalue weighted by Gasteiger charge is 2.29. The van der Waals surface area contributed by atoms with Crippen LogP contribution in [0.1, 0.15) is 66.6 Å². The van der Waals surface area contributed by atoms with Crippen molar-refractivity contribution in [1.29, 1.82) is 0 Å². The van der Waals surface area contributed by atoms with E-state index in [4.69, 9.17) is 0 Å². The molecule has 2 aromatic rings. The average molecular weight is 532 g/mol. The molecule has 2 heterocycles. The number of carbonyl (C=O) groups is 1. The number of hydrogen-bond acceptors (Lipinski definition) is 7. The highest BCUT2D eigenvalue weighted by molar-refractivity contribution is 8.02. The van der Waals surface area contributed by atoms with Gasteiger partial charge in [0.15, 0.2) is 4.34 Å². The summed E-state index contributed by atoms with van der Waals surface area (Å²) in [5, 5.41) is 11.3. The summed E-state index contributed by atoms with van der Waals surface area (Å²) in [6.45, 7) is 11.8. The van der Waals surface area contributed by atoms with Gasteiger partial charge >= 0.3 is 7.40 Å². The fraction of sp³-hybridized carbons (Fsp3) is 0.636. The Hall–Kier alpha value is -1.19. The number of aryl methyl sites for hydroxylation is 1. The maximum atomic E-state index is 11.4. The van der Waals surface area contributed by atoms with Gasteiger partial charge in [0.05, 0.1) is 5.69 Å². The molecule has 0 atom stereocenters. The number of rotatable bonds is 13. The largest absolute Gasteiger partial charge is 1.00 e. The van der Waals surface area contributed by atoms with Gasteiger partial charge in [0.2, 0.25) is 5.95 Å². The minimum atomic E-state index is -0.883. The molecular weight excluding hydrogens is 496 g/mol. The van der Waals surface area contributed by atoms with Crippen molar-refractivity contribution in [3.05, 3.63) is 29.0 Å². The Labute approximate surface area is 206 Å². The van der Waals surface area contributed by atoms with E-state index in [0.29, 0.717) is 0 Å². The van der Waals surface area contributed by atoms with Crippen LogP contribution in [0.25, 0.3) is 0 Å². The van der Waals surface area contributed by atoms with E-state index in [1.54, 1.807) is 13.8 Å². The van der Waals surface area contributed by atoms with Crippen LogP contribution in [0.5, 0.6) is 0 Å². The van der Waals surface area contributed by atoms with Crippen LogP contribution in [-0.4, -0.2) is 43.9 Å². The van der Waals surface area contributed by atoms with E-state index in [2.05, 4.69) is 40.6 Å². The number of hydrogen-bond donors (Lipinski definition) is 1. The molecule has 0 aliphatic rings. The number of unbranched alkanes of at least 4 members (excludes halogenated alkanes) is 1. The minimum Gasteiger partial charge on any atom is -1.00 e. The number of halogens is 1. The van der Waals surface area contributed by atoms with Gasteiger partial charge < -0.3 is 27.0 Å². The van der Waals surface area contributed by atoms with Gasteiger partial charge in [0, 0.05) is 37.3 Å². The number of aliphatic carboxylic acids is 1. The third-order valence-electron chi connectivity index (χ3n) is 4.87. The van der Waals surface area contributed by atoms with E-state index < -0.39 is 10.7 Å². The van der Waals surface area contributed by atoms with Crippen molar-refractivity contribution in [3.8, 4) is 0 Å². The molecule has 0 aliphatic heterocycles. The van der Waals surface area contributed by atoms with E-state index in [9.17, 15) is 9.90 Å². The van der Waals surface area contributed by atoms with Gasteiger partial charge in [-0.05, 0) is 38.2 Å². The zero-order valence-corrected chi connectivity index (χ0v) is 22.3. The molecule has 31 heavy (non-hydrogen) atoms. The smallest absolute Gasteiger partial charge is 1.00 e. The summed E-state index contributed by atoms with van der Waals surface area (Å²) >= 11 is 2.81. The van der Waals surface area contributed by atoms with Crippen LogP contribution in [0.15, 0.2) is 22.1 Å². The molecular formula is C22H35BrN4O2S2. The van der Waals surface area contributed by atoms with Crippen molar-refractivity contribution in [3.63, 3.8) is 0 Å². The summed E-state index contributed by atoms with van der Waals surface area (Å²) in [6, 6.07) is 0. The predicted molar refractivity (Wildman–Crippen MR) is 127 cm³/mol. The van der Waals surface area contributed by atoms with Crippen LogP contribution in [0.4, 0.5) is 5.95 Å². The number of nitrogens with zero attached hydrogens (tertiary/aromatic N) is 4. The van der Waals surface area contributed by atoms with Gasteiger partial charge in [-0.15, -0.1) is 11.3 Å². The average Bonchev–Trinajstić information content (AvgIpc) is 3.13. The molecule has 1 N–H and O–H groups in total. The molecule has 2 aromatic heterocycles. The molecule has 0 unspecified atom stereocenters. The Morgan fingerprint density at radius 1 is 1.26 bits per heavy atom. The lowest BCUT2D eigenvalue weighted by Crippen LogP contribution is -3.00. The molecule has 0 saturated heterocycles. The van der Waals surface area contributed by atoms with Crippen molar-refractivity contribution in [2.24, 2.45) is 5.92 Å². The van der Waals surface area contributed by atoms with E-state index >= 15 is 0 Å². The Bertz CT molecular complexity index is 803. The number of thiazole rings is 1. The monoisotopic (exact) mass is 530 g/mol. The second-order valence-electron chi connectivity index (χ2n) is 8.39. The summed E-state index contributed by atoms with van der Waals surface area (Å²) in [4.78, 5) is 27.4. The molecule has 174 valence electrons. The van der Waals surface area contributed by atoms with Crippen molar-refractivity contribution >= 4 is 35.0 Å². The molecule has 0 spiro atoms. The first-order valence-corrected chi connectivity index (χ1v) is 12.3. The number of aromatic nitrogens is 3. The summed E-state index contributed by atoms with van der Waals surface area (Å²) < 4.78 is -0.0867. The fourth-order valence-electron chi connectivity index (χ4n) is 2.82. The zero-order chi connectivity index (χ0) is 22.1. The van der Waals surface area contributed by atoms with Gasteiger partial charge in [-0.25, -0.2) is 15.0 Å². The summed E-state index contributed by atoms with van der Waals surface area (Å²) in [6.07, 6.45) is 9.08. The molecule has 2 rings (SSSR count). The minimum absolute atomic E-state index is 0. The van der Waals surface area contributed by atoms with Crippen molar-refractivity contribution in [2.45, 2.75) is 75.8 Å². The topological polar surface area (TPSA) is 79.2 Å². The second kappa shape index (κ2) is 13.4. The molecule has 0 radical (unpaired) electrons. The van der Waals surface area contributed by atoms with Crippen molar-refractivity contribution in [2.75, 3.05) is 18.0 Å². The summed E-state index contributed by atoms with van der Waals surface area (Å²) in [5.74, 6) is 0.664. The molecule has 6 nitrogen and oxygen atoms in total. The number of anilines is 1. The lowest BCUT2D eigenvalue weighted by Gasteiger charge is -2.22. The third-order valence-corrected chi connectivity index (χ3v) is 7.04. The van der Waals surface area contributed by atoms with Crippen LogP contribution in [0, 0.1) is 5.92 Å². The second-order valence-corrected chi connectivity index (χ2v) is 11.1. The third kappa shape index (κ3) is 9.45. The summed E-state index contributed by atoms with van der Waals surface area (Å²) in [5.41, 5.74) is 2.13. The standard InChI is InChI=1S/C22H34N4O2S2.BrH/c1-6-17-13-23-20(24-14-17)26(11-8-7-9-16(2)3)12-10-18-15-29-21(25-18)30-22(4,5)19(27)28;/h13-16H,6-12H2,1-5H3,(H,27,28);1H. The van der Waals surface area contributed by atoms with Crippen LogP contribution >= 0.6 is 23.1 Å². The van der Waals surface area contributed by atoms with Crippen LogP contribution in [-0.2, 0) is 17.6 Å². The molecule has 0 saturated carbocycles. The van der Waals surface area contributed by atoms with Gasteiger partial charge in [0.1, 0.15) is 4.75 Å². The number of carboxylic acids is 1. The Morgan fingerprint density at radius 3 is 2.52 bits per heavy atom. The molecule has 9 heteroatoms. The molecule has 0 bridgehead atoms. The Balaban J connectivity index is 0.00000480. The van der Waals surface area contributed by atoms with Gasteiger partial charge in [-0.1, -0.05) is 45.4 Å². The van der Waals surface area contributed by atoms with Gasteiger partial charge in [0.25, 0.3) is 0 Å². The predicted octanol–water partition coefficient (Wildman–Crippen LogP) is 2.44. The fourth-order valence-corrected chi connectivity index (χ4v) is 5.05. The van der Waals surface area contributed by atoms with E-state index in [1.807, 2.05) is 17.8 Å². The number of thioether (sulfide) groups is 1. The van der Waals surface area contributed by atoms with Crippen LogP contribution in [0.2, 0.25) is 0 Å². The summed E-state index contributed by atoms with van der Waals surface area (Å²) in [7, 11) is 0. The van der Waals surface area contributed by atoms with Crippen molar-refractivity contribution < 1.29 is 28.3 Å². The van der Waals surface area contributed by atoms with E-state index in [-0.39, 0.29) is 18.4 Å². The molecule has 0 aliphatic carbocycles. The zero-order valence-electron chi connectivity index (χ0n) is 20.1. The Morgan fingerprint density at radius 2 is 1.94 bits per heavy atom. The Kier molecular flexibility index (Phi) is 12.0. The molecule has 0 aromatic carbocycles. The lowest BCUT2D eigenvalue weighted by atomic mass is 10.1. The molecule has 0 fully saturated rings. The first-order valence-electron chi connectivity index (χ1n) is 10.6. The highest BCUT2D eigenvalue weighted by Crippen LogP contribution is 2.34. The van der Waals surface area contributed by atoms with Crippen molar-refractivity contribution in [1.82, 2.24) is 15.0 Å². The first-order chi connectivity index (χ1) is 14.2. The van der Waals surface area contributed by atoms with Crippen LogP contribution < -0.4 is 21.9 Å². The maximum absolute atomic E-state index is 11.4. The van der Waals surface area contributed by atoms with Gasteiger partial charge in [-0.3, -0.25) is 4.79 Å². The maximum Gasteiger partial charge on any atom is 1.00 e. The van der Waals surface area contributed by atoms with E-state index in [0.717, 1.165) is 59.8 Å². The lowest BCUT2D eigenvalue weighted by molar-refractivity contribution is -0.138. The van der Waals surface area contributed by atoms with E-state index in [1.165, 1.54) is 35.9 Å². The van der Waals surface area contributed by atoms with Crippen LogP contribution in [0.3, 0.4) is 0 Å². The SMILES string of the molecule is CCc1cnc(N(CCCCC(C)C)CCc2csc(SC(C)(C)C(=O)O)n2)nc1.[Br-].[H+]. The first kappa shape index (κ1) is 27.8. The molecule has 0 amide bonds. The number of carboxylic acid groups (broad SMARTS) is 1.